The van der Waals surface area contributed by atoms with E-state index in [0.29, 0.717) is 37.5 Å². The molecule has 108 valence electrons. The largest absolute Gasteiger partial charge is 0.493 e. The van der Waals surface area contributed by atoms with Crippen LogP contribution in [0.3, 0.4) is 0 Å². The number of nitrogens with two attached hydrogens (primary N) is 1. The summed E-state index contributed by atoms with van der Waals surface area (Å²) in [5.74, 6) is 0.774. The summed E-state index contributed by atoms with van der Waals surface area (Å²) in [5.41, 5.74) is 5.46. The summed E-state index contributed by atoms with van der Waals surface area (Å²) >= 11 is 4.83. The fourth-order valence-electron chi connectivity index (χ4n) is 1.65. The Bertz CT molecular complexity index is 448. The predicted molar refractivity (Wildman–Crippen MR) is 84.7 cm³/mol. The minimum Gasteiger partial charge on any atom is -0.493 e. The number of amides is 1. The third-order valence-electron chi connectivity index (χ3n) is 2.66. The Labute approximate surface area is 125 Å². The molecule has 2 N–H and O–H groups in total. The fraction of sp³-hybridized carbons (Fsp3) is 0.333. The highest BCUT2D eigenvalue weighted by Gasteiger charge is 2.12. The fourth-order valence-corrected chi connectivity index (χ4v) is 1.74. The Morgan fingerprint density at radius 2 is 2.05 bits per heavy atom. The van der Waals surface area contributed by atoms with Gasteiger partial charge in [-0.1, -0.05) is 36.5 Å². The second kappa shape index (κ2) is 9.09. The average Bonchev–Trinajstić information content (AvgIpc) is 2.44. The van der Waals surface area contributed by atoms with Crippen LogP contribution in [-0.2, 0) is 4.79 Å². The molecule has 0 unspecified atom stereocenters. The maximum Gasteiger partial charge on any atom is 0.226 e. The van der Waals surface area contributed by atoms with Gasteiger partial charge in [-0.15, -0.1) is 6.58 Å². The minimum absolute atomic E-state index is 0.0112. The lowest BCUT2D eigenvalue weighted by Crippen LogP contribution is -2.34. The van der Waals surface area contributed by atoms with Gasteiger partial charge in [0, 0.05) is 19.5 Å². The van der Waals surface area contributed by atoms with Gasteiger partial charge in [-0.2, -0.15) is 0 Å². The molecule has 0 aliphatic heterocycles. The first kappa shape index (κ1) is 16.2. The summed E-state index contributed by atoms with van der Waals surface area (Å²) in [5, 5.41) is 0. The Balaban J connectivity index is 2.37. The normalized spacial score (nSPS) is 9.80. The zero-order valence-electron chi connectivity index (χ0n) is 11.5. The van der Waals surface area contributed by atoms with Crippen LogP contribution in [0.25, 0.3) is 0 Å². The van der Waals surface area contributed by atoms with Crippen molar-refractivity contribution in [2.75, 3.05) is 19.7 Å². The first-order valence-electron chi connectivity index (χ1n) is 6.48. The molecule has 1 amide bonds. The Hall–Kier alpha value is -1.88. The molecule has 0 aliphatic carbocycles. The molecule has 0 atom stereocenters. The number of hydrogen-bond donors (Lipinski definition) is 1. The summed E-state index contributed by atoms with van der Waals surface area (Å²) in [6.07, 6.45) is 2.53. The SMILES string of the molecule is C=CCN(CCC(N)=S)C(=O)CCOc1ccccc1. The van der Waals surface area contributed by atoms with E-state index < -0.39 is 0 Å². The molecule has 1 aromatic carbocycles. The molecule has 0 aromatic heterocycles. The molecule has 0 saturated heterocycles. The lowest BCUT2D eigenvalue weighted by Gasteiger charge is -2.21. The Morgan fingerprint density at radius 3 is 2.65 bits per heavy atom. The smallest absolute Gasteiger partial charge is 0.226 e. The third kappa shape index (κ3) is 6.33. The van der Waals surface area contributed by atoms with E-state index in [1.807, 2.05) is 30.3 Å². The second-order valence-corrected chi connectivity index (χ2v) is 4.78. The van der Waals surface area contributed by atoms with Gasteiger partial charge in [0.25, 0.3) is 0 Å². The standard InChI is InChI=1S/C15H20N2O2S/c1-2-10-17(11-8-14(16)20)15(18)9-12-19-13-6-4-3-5-7-13/h2-7H,1,8-12H2,(H2,16,20). The van der Waals surface area contributed by atoms with Crippen molar-refractivity contribution in [1.82, 2.24) is 4.90 Å². The molecule has 4 nitrogen and oxygen atoms in total. The molecule has 5 heteroatoms. The highest BCUT2D eigenvalue weighted by molar-refractivity contribution is 7.80. The molecule has 0 radical (unpaired) electrons. The summed E-state index contributed by atoms with van der Waals surface area (Å²) in [6.45, 7) is 5.01. The van der Waals surface area contributed by atoms with E-state index in [1.165, 1.54) is 0 Å². The van der Waals surface area contributed by atoms with Gasteiger partial charge in [0.15, 0.2) is 0 Å². The zero-order valence-corrected chi connectivity index (χ0v) is 12.3. The highest BCUT2D eigenvalue weighted by Crippen LogP contribution is 2.09. The van der Waals surface area contributed by atoms with E-state index in [2.05, 4.69) is 6.58 Å². The number of thiocarbonyl (C=S) groups is 1. The topological polar surface area (TPSA) is 55.6 Å². The molecule has 1 aromatic rings. The average molecular weight is 292 g/mol. The van der Waals surface area contributed by atoms with Crippen molar-refractivity contribution >= 4 is 23.1 Å². The van der Waals surface area contributed by atoms with Crippen molar-refractivity contribution in [3.63, 3.8) is 0 Å². The van der Waals surface area contributed by atoms with Crippen LogP contribution in [0.5, 0.6) is 5.75 Å². The van der Waals surface area contributed by atoms with Crippen LogP contribution in [0.2, 0.25) is 0 Å². The Kier molecular flexibility index (Phi) is 7.35. The molecule has 0 spiro atoms. The number of rotatable bonds is 9. The maximum atomic E-state index is 12.0. The van der Waals surface area contributed by atoms with E-state index in [1.54, 1.807) is 11.0 Å². The summed E-state index contributed by atoms with van der Waals surface area (Å²) < 4.78 is 5.51. The van der Waals surface area contributed by atoms with E-state index in [4.69, 9.17) is 22.7 Å². The quantitative estimate of drug-likeness (QED) is 0.560. The molecular weight excluding hydrogens is 272 g/mol. The molecule has 0 fully saturated rings. The van der Waals surface area contributed by atoms with Gasteiger partial charge in [0.05, 0.1) is 18.0 Å². The van der Waals surface area contributed by atoms with Crippen LogP contribution in [0.1, 0.15) is 12.8 Å². The van der Waals surface area contributed by atoms with Gasteiger partial charge < -0.3 is 15.4 Å². The lowest BCUT2D eigenvalue weighted by molar-refractivity contribution is -0.131. The lowest BCUT2D eigenvalue weighted by atomic mass is 10.3. The van der Waals surface area contributed by atoms with E-state index in [-0.39, 0.29) is 5.91 Å². The molecule has 0 bridgehead atoms. The van der Waals surface area contributed by atoms with E-state index in [9.17, 15) is 4.79 Å². The molecule has 20 heavy (non-hydrogen) atoms. The highest BCUT2D eigenvalue weighted by atomic mass is 32.1. The molecule has 1 rings (SSSR count). The van der Waals surface area contributed by atoms with Crippen molar-refractivity contribution in [3.8, 4) is 5.75 Å². The number of carbonyl (C=O) groups is 1. The van der Waals surface area contributed by atoms with Crippen molar-refractivity contribution in [1.29, 1.82) is 0 Å². The number of ether oxygens (including phenoxy) is 1. The van der Waals surface area contributed by atoms with Crippen LogP contribution in [0.15, 0.2) is 43.0 Å². The molecule has 0 aliphatic rings. The minimum atomic E-state index is 0.0112. The summed E-state index contributed by atoms with van der Waals surface area (Å²) in [6, 6.07) is 9.42. The molecular formula is C15H20N2O2S. The van der Waals surface area contributed by atoms with Crippen molar-refractivity contribution in [3.05, 3.63) is 43.0 Å². The maximum absolute atomic E-state index is 12.0. The Morgan fingerprint density at radius 1 is 1.35 bits per heavy atom. The van der Waals surface area contributed by atoms with E-state index >= 15 is 0 Å². The van der Waals surface area contributed by atoms with Gasteiger partial charge in [0.1, 0.15) is 5.75 Å². The van der Waals surface area contributed by atoms with Gasteiger partial charge in [-0.25, -0.2) is 0 Å². The van der Waals surface area contributed by atoms with Crippen molar-refractivity contribution in [2.24, 2.45) is 5.73 Å². The number of nitrogens with zero attached hydrogens (tertiary/aromatic N) is 1. The van der Waals surface area contributed by atoms with Gasteiger partial charge in [-0.3, -0.25) is 4.79 Å². The summed E-state index contributed by atoms with van der Waals surface area (Å²) in [7, 11) is 0. The number of carbonyl (C=O) groups excluding carboxylic acids is 1. The third-order valence-corrected chi connectivity index (χ3v) is 2.86. The van der Waals surface area contributed by atoms with Crippen molar-refractivity contribution < 1.29 is 9.53 Å². The van der Waals surface area contributed by atoms with Crippen LogP contribution in [-0.4, -0.2) is 35.5 Å². The summed E-state index contributed by atoms with van der Waals surface area (Å²) in [4.78, 5) is 14.1. The van der Waals surface area contributed by atoms with Crippen molar-refractivity contribution in [2.45, 2.75) is 12.8 Å². The molecule has 0 heterocycles. The van der Waals surface area contributed by atoms with Crippen LogP contribution < -0.4 is 10.5 Å². The monoisotopic (exact) mass is 292 g/mol. The van der Waals surface area contributed by atoms with Crippen LogP contribution in [0, 0.1) is 0 Å². The van der Waals surface area contributed by atoms with Crippen LogP contribution >= 0.6 is 12.2 Å². The van der Waals surface area contributed by atoms with E-state index in [0.717, 1.165) is 5.75 Å². The van der Waals surface area contributed by atoms with Gasteiger partial charge in [-0.05, 0) is 12.1 Å². The first-order valence-corrected chi connectivity index (χ1v) is 6.89. The zero-order chi connectivity index (χ0) is 14.8. The number of hydrogen-bond acceptors (Lipinski definition) is 3. The van der Waals surface area contributed by atoms with Crippen LogP contribution in [0.4, 0.5) is 0 Å². The van der Waals surface area contributed by atoms with Gasteiger partial charge >= 0.3 is 0 Å². The molecule has 0 saturated carbocycles. The predicted octanol–water partition coefficient (Wildman–Crippen LogP) is 2.15. The first-order chi connectivity index (χ1) is 9.63. The number of benzene rings is 1. The van der Waals surface area contributed by atoms with Gasteiger partial charge in [0.2, 0.25) is 5.91 Å². The second-order valence-electron chi connectivity index (χ2n) is 4.26. The number of para-hydroxylation sites is 1.